The average Bonchev–Trinajstić information content (AvgIpc) is 2.74. The van der Waals surface area contributed by atoms with E-state index in [4.69, 9.17) is 5.73 Å². The average molecular weight is 207 g/mol. The zero-order valence-electron chi connectivity index (χ0n) is 8.10. The third kappa shape index (κ3) is 1.65. The van der Waals surface area contributed by atoms with Crippen molar-refractivity contribution in [3.05, 3.63) is 23.7 Å². The number of anilines is 1. The Morgan fingerprint density at radius 3 is 3.07 bits per heavy atom. The molecule has 0 saturated heterocycles. The Kier molecular flexibility index (Phi) is 2.54. The van der Waals surface area contributed by atoms with Crippen LogP contribution < -0.4 is 5.73 Å². The second-order valence-electron chi connectivity index (χ2n) is 3.17. The van der Waals surface area contributed by atoms with Crippen LogP contribution in [0.2, 0.25) is 0 Å². The molecule has 0 unspecified atom stereocenters. The molecule has 0 atom stereocenters. The highest BCUT2D eigenvalue weighted by molar-refractivity contribution is 7.13. The van der Waals surface area contributed by atoms with Gasteiger partial charge in [0, 0.05) is 12.7 Å². The summed E-state index contributed by atoms with van der Waals surface area (Å²) in [6.45, 7) is 3.05. The van der Waals surface area contributed by atoms with Crippen molar-refractivity contribution in [3.63, 3.8) is 0 Å². The lowest BCUT2D eigenvalue weighted by Gasteiger charge is -1.94. The first-order valence-corrected chi connectivity index (χ1v) is 5.56. The summed E-state index contributed by atoms with van der Waals surface area (Å²) < 4.78 is 1.91. The van der Waals surface area contributed by atoms with Gasteiger partial charge < -0.3 is 5.73 Å². The number of aryl methyl sites for hydroxylation is 1. The highest BCUT2D eigenvalue weighted by atomic mass is 32.1. The van der Waals surface area contributed by atoms with E-state index in [-0.39, 0.29) is 0 Å². The van der Waals surface area contributed by atoms with Crippen molar-refractivity contribution >= 4 is 17.0 Å². The summed E-state index contributed by atoms with van der Waals surface area (Å²) in [5.41, 5.74) is 7.56. The number of hydrogen-bond donors (Lipinski definition) is 1. The second-order valence-corrected chi connectivity index (χ2v) is 4.12. The Hall–Kier alpha value is -1.29. The lowest BCUT2D eigenvalue weighted by Crippen LogP contribution is -1.96. The van der Waals surface area contributed by atoms with Crippen molar-refractivity contribution in [1.29, 1.82) is 0 Å². The maximum atomic E-state index is 5.89. The summed E-state index contributed by atoms with van der Waals surface area (Å²) in [5, 5.41) is 6.48. The normalized spacial score (nSPS) is 10.6. The zero-order valence-corrected chi connectivity index (χ0v) is 8.92. The van der Waals surface area contributed by atoms with E-state index in [0.717, 1.165) is 29.2 Å². The van der Waals surface area contributed by atoms with Crippen LogP contribution in [0.3, 0.4) is 0 Å². The molecule has 2 rings (SSSR count). The molecule has 2 aromatic rings. The fraction of sp³-hybridized carbons (Fsp3) is 0.300. The third-order valence-corrected chi connectivity index (χ3v) is 2.87. The van der Waals surface area contributed by atoms with Crippen LogP contribution in [0, 0.1) is 0 Å². The lowest BCUT2D eigenvalue weighted by atomic mass is 10.3. The Morgan fingerprint density at radius 2 is 2.43 bits per heavy atom. The molecule has 0 aliphatic rings. The smallest absolute Gasteiger partial charge is 0.125 e. The van der Waals surface area contributed by atoms with Crippen molar-refractivity contribution in [2.75, 3.05) is 5.73 Å². The minimum Gasteiger partial charge on any atom is -0.396 e. The zero-order chi connectivity index (χ0) is 9.97. The monoisotopic (exact) mass is 207 g/mol. The minimum absolute atomic E-state index is 0.765. The first kappa shape index (κ1) is 9.27. The van der Waals surface area contributed by atoms with Gasteiger partial charge in [-0.2, -0.15) is 5.10 Å². The minimum atomic E-state index is 0.765. The number of nitrogen functional groups attached to an aromatic ring is 1. The van der Waals surface area contributed by atoms with E-state index in [9.17, 15) is 0 Å². The molecule has 2 N–H and O–H groups in total. The molecular weight excluding hydrogens is 194 g/mol. The van der Waals surface area contributed by atoms with Crippen LogP contribution in [0.25, 0.3) is 10.6 Å². The lowest BCUT2D eigenvalue weighted by molar-refractivity contribution is 0.605. The second kappa shape index (κ2) is 3.84. The Morgan fingerprint density at radius 1 is 1.57 bits per heavy atom. The van der Waals surface area contributed by atoms with Crippen molar-refractivity contribution in [1.82, 2.24) is 9.78 Å². The molecule has 0 aliphatic heterocycles. The molecular formula is C10H13N3S. The van der Waals surface area contributed by atoms with Gasteiger partial charge in [0.2, 0.25) is 0 Å². The van der Waals surface area contributed by atoms with Crippen LogP contribution in [0.4, 0.5) is 5.69 Å². The van der Waals surface area contributed by atoms with Gasteiger partial charge in [-0.3, -0.25) is 4.68 Å². The number of nitrogens with two attached hydrogens (primary N) is 1. The number of aromatic nitrogens is 2. The third-order valence-electron chi connectivity index (χ3n) is 2.00. The van der Waals surface area contributed by atoms with Gasteiger partial charge in [-0.25, -0.2) is 0 Å². The van der Waals surface area contributed by atoms with E-state index < -0.39 is 0 Å². The van der Waals surface area contributed by atoms with Gasteiger partial charge in [-0.05, 0) is 17.9 Å². The molecule has 0 saturated carbocycles. The SMILES string of the molecule is CCCn1cc(N)c(-c2cccs2)n1. The molecule has 0 aliphatic carbocycles. The van der Waals surface area contributed by atoms with Crippen molar-refractivity contribution in [3.8, 4) is 10.6 Å². The molecule has 14 heavy (non-hydrogen) atoms. The van der Waals surface area contributed by atoms with Gasteiger partial charge >= 0.3 is 0 Å². The topological polar surface area (TPSA) is 43.8 Å². The van der Waals surface area contributed by atoms with Crippen LogP contribution in [0.15, 0.2) is 23.7 Å². The van der Waals surface area contributed by atoms with Gasteiger partial charge in [0.05, 0.1) is 10.6 Å². The molecule has 0 radical (unpaired) electrons. The van der Waals surface area contributed by atoms with Crippen molar-refractivity contribution in [2.45, 2.75) is 19.9 Å². The Bertz CT molecular complexity index is 403. The van der Waals surface area contributed by atoms with E-state index in [0.29, 0.717) is 0 Å². The van der Waals surface area contributed by atoms with Crippen molar-refractivity contribution < 1.29 is 0 Å². The Labute approximate surface area is 87.2 Å². The molecule has 0 bridgehead atoms. The molecule has 0 amide bonds. The van der Waals surface area contributed by atoms with Gasteiger partial charge in [0.15, 0.2) is 0 Å². The van der Waals surface area contributed by atoms with E-state index in [1.54, 1.807) is 11.3 Å². The maximum Gasteiger partial charge on any atom is 0.125 e. The van der Waals surface area contributed by atoms with Crippen LogP contribution in [-0.4, -0.2) is 9.78 Å². The molecule has 2 heterocycles. The quantitative estimate of drug-likeness (QED) is 0.840. The van der Waals surface area contributed by atoms with Gasteiger partial charge in [-0.15, -0.1) is 11.3 Å². The molecule has 2 aromatic heterocycles. The van der Waals surface area contributed by atoms with Gasteiger partial charge in [0.1, 0.15) is 5.69 Å². The van der Waals surface area contributed by atoms with Crippen molar-refractivity contribution in [2.24, 2.45) is 0 Å². The summed E-state index contributed by atoms with van der Waals surface area (Å²) >= 11 is 1.67. The van der Waals surface area contributed by atoms with E-state index in [2.05, 4.69) is 12.0 Å². The summed E-state index contributed by atoms with van der Waals surface area (Å²) in [6, 6.07) is 4.05. The largest absolute Gasteiger partial charge is 0.396 e. The molecule has 0 spiro atoms. The number of rotatable bonds is 3. The maximum absolute atomic E-state index is 5.89. The van der Waals surface area contributed by atoms with E-state index >= 15 is 0 Å². The highest BCUT2D eigenvalue weighted by Gasteiger charge is 2.08. The van der Waals surface area contributed by atoms with E-state index in [1.807, 2.05) is 28.4 Å². The van der Waals surface area contributed by atoms with Gasteiger partial charge in [0.25, 0.3) is 0 Å². The molecule has 0 fully saturated rings. The van der Waals surface area contributed by atoms with Gasteiger partial charge in [-0.1, -0.05) is 13.0 Å². The molecule has 3 nitrogen and oxygen atoms in total. The predicted octanol–water partition coefficient (Wildman–Crippen LogP) is 2.60. The van der Waals surface area contributed by atoms with Crippen LogP contribution in [0.5, 0.6) is 0 Å². The summed E-state index contributed by atoms with van der Waals surface area (Å²) in [6.07, 6.45) is 2.98. The number of nitrogens with zero attached hydrogens (tertiary/aromatic N) is 2. The standard InChI is InChI=1S/C10H13N3S/c1-2-5-13-7-8(11)10(12-13)9-4-3-6-14-9/h3-4,6-7H,2,5,11H2,1H3. The number of thiophene rings is 1. The van der Waals surface area contributed by atoms with Crippen LogP contribution >= 0.6 is 11.3 Å². The summed E-state index contributed by atoms with van der Waals surface area (Å²) in [7, 11) is 0. The van der Waals surface area contributed by atoms with Crippen LogP contribution in [-0.2, 0) is 6.54 Å². The van der Waals surface area contributed by atoms with Crippen LogP contribution in [0.1, 0.15) is 13.3 Å². The fourth-order valence-corrected chi connectivity index (χ4v) is 2.12. The molecule has 0 aromatic carbocycles. The first-order chi connectivity index (χ1) is 6.81. The Balaban J connectivity index is 2.35. The summed E-state index contributed by atoms with van der Waals surface area (Å²) in [4.78, 5) is 1.14. The summed E-state index contributed by atoms with van der Waals surface area (Å²) in [5.74, 6) is 0. The molecule has 74 valence electrons. The predicted molar refractivity (Wildman–Crippen MR) is 60.2 cm³/mol. The fourth-order valence-electron chi connectivity index (χ4n) is 1.39. The first-order valence-electron chi connectivity index (χ1n) is 4.68. The number of hydrogen-bond acceptors (Lipinski definition) is 3. The highest BCUT2D eigenvalue weighted by Crippen LogP contribution is 2.27. The van der Waals surface area contributed by atoms with E-state index in [1.165, 1.54) is 0 Å². The molecule has 4 heteroatoms.